The first-order valence-electron chi connectivity index (χ1n) is 4.41. The maximum atomic E-state index is 13.4. The van der Waals surface area contributed by atoms with Gasteiger partial charge in [0.25, 0.3) is 0 Å². The minimum absolute atomic E-state index is 0.122. The summed E-state index contributed by atoms with van der Waals surface area (Å²) in [6.07, 6.45) is 0.176. The summed E-state index contributed by atoms with van der Waals surface area (Å²) in [5.41, 5.74) is -0.415. The summed E-state index contributed by atoms with van der Waals surface area (Å²) >= 11 is 1.30. The van der Waals surface area contributed by atoms with Crippen molar-refractivity contribution in [1.82, 2.24) is 0 Å². The van der Waals surface area contributed by atoms with Crippen LogP contribution in [0.4, 0.5) is 14.5 Å². The molecule has 0 heterocycles. The highest BCUT2D eigenvalue weighted by molar-refractivity contribution is 8.01. The third-order valence-corrected chi connectivity index (χ3v) is 2.46. The standard InChI is InChI=1S/C10H11F2NOS/c1-6(2)15-13-9-4-3-8(11)7(5-14)10(9)12/h3-6,13H,1-2H3. The summed E-state index contributed by atoms with van der Waals surface area (Å²) < 4.78 is 29.1. The van der Waals surface area contributed by atoms with Gasteiger partial charge in [0, 0.05) is 5.25 Å². The number of carbonyl (C=O) groups excluding carboxylic acids is 1. The zero-order chi connectivity index (χ0) is 11.4. The van der Waals surface area contributed by atoms with Gasteiger partial charge in [-0.25, -0.2) is 8.78 Å². The van der Waals surface area contributed by atoms with Crippen LogP contribution in [0.25, 0.3) is 0 Å². The topological polar surface area (TPSA) is 29.1 Å². The molecule has 0 aliphatic heterocycles. The molecule has 0 aliphatic rings. The second-order valence-corrected chi connectivity index (χ2v) is 4.59. The van der Waals surface area contributed by atoms with Crippen LogP contribution < -0.4 is 4.72 Å². The van der Waals surface area contributed by atoms with Crippen LogP contribution in [0.15, 0.2) is 12.1 Å². The molecule has 0 spiro atoms. The molecular formula is C10H11F2NOS. The summed E-state index contributed by atoms with van der Waals surface area (Å²) in [7, 11) is 0. The van der Waals surface area contributed by atoms with E-state index in [9.17, 15) is 13.6 Å². The Morgan fingerprint density at radius 2 is 2.07 bits per heavy atom. The molecular weight excluding hydrogens is 220 g/mol. The monoisotopic (exact) mass is 231 g/mol. The molecule has 0 aromatic heterocycles. The molecule has 2 nitrogen and oxygen atoms in total. The van der Waals surface area contributed by atoms with E-state index in [1.54, 1.807) is 0 Å². The molecule has 0 saturated carbocycles. The van der Waals surface area contributed by atoms with Gasteiger partial charge in [-0.1, -0.05) is 13.8 Å². The lowest BCUT2D eigenvalue weighted by Crippen LogP contribution is -2.01. The van der Waals surface area contributed by atoms with Gasteiger partial charge >= 0.3 is 0 Å². The molecule has 0 unspecified atom stereocenters. The third kappa shape index (κ3) is 2.92. The van der Waals surface area contributed by atoms with Gasteiger partial charge in [0.2, 0.25) is 0 Å². The maximum Gasteiger partial charge on any atom is 0.160 e. The molecule has 1 aromatic rings. The van der Waals surface area contributed by atoms with Gasteiger partial charge in [0.1, 0.15) is 5.82 Å². The van der Waals surface area contributed by atoms with E-state index in [4.69, 9.17) is 0 Å². The van der Waals surface area contributed by atoms with Gasteiger partial charge in [-0.15, -0.1) is 0 Å². The van der Waals surface area contributed by atoms with Crippen LogP contribution in [0, 0.1) is 11.6 Å². The van der Waals surface area contributed by atoms with E-state index in [2.05, 4.69) is 4.72 Å². The van der Waals surface area contributed by atoms with Gasteiger partial charge in [-0.05, 0) is 24.1 Å². The first-order chi connectivity index (χ1) is 7.06. The van der Waals surface area contributed by atoms with Crippen molar-refractivity contribution in [2.75, 3.05) is 4.72 Å². The van der Waals surface area contributed by atoms with Gasteiger partial charge in [-0.2, -0.15) is 0 Å². The van der Waals surface area contributed by atoms with E-state index in [0.717, 1.165) is 6.07 Å². The van der Waals surface area contributed by atoms with Crippen LogP contribution in [0.1, 0.15) is 24.2 Å². The lowest BCUT2D eigenvalue weighted by atomic mass is 10.2. The Bertz CT molecular complexity index is 369. The normalized spacial score (nSPS) is 10.5. The minimum Gasteiger partial charge on any atom is -0.327 e. The quantitative estimate of drug-likeness (QED) is 0.637. The summed E-state index contributed by atoms with van der Waals surface area (Å²) in [5.74, 6) is -1.69. The van der Waals surface area contributed by atoms with Crippen LogP contribution in [-0.2, 0) is 0 Å². The van der Waals surface area contributed by atoms with E-state index < -0.39 is 17.2 Å². The summed E-state index contributed by atoms with van der Waals surface area (Å²) in [4.78, 5) is 10.4. The number of halogens is 2. The van der Waals surface area contributed by atoms with Crippen molar-refractivity contribution >= 4 is 23.9 Å². The van der Waals surface area contributed by atoms with E-state index in [-0.39, 0.29) is 17.2 Å². The van der Waals surface area contributed by atoms with Crippen molar-refractivity contribution in [3.05, 3.63) is 29.3 Å². The summed E-state index contributed by atoms with van der Waals surface area (Å²) in [5, 5.41) is 0.258. The summed E-state index contributed by atoms with van der Waals surface area (Å²) in [6, 6.07) is 2.34. The Morgan fingerprint density at radius 1 is 1.40 bits per heavy atom. The van der Waals surface area contributed by atoms with Crippen LogP contribution >= 0.6 is 11.9 Å². The fourth-order valence-electron chi connectivity index (χ4n) is 0.938. The molecule has 82 valence electrons. The highest BCUT2D eigenvalue weighted by Crippen LogP contribution is 2.23. The van der Waals surface area contributed by atoms with Crippen LogP contribution in [0.3, 0.4) is 0 Å². The van der Waals surface area contributed by atoms with Crippen molar-refractivity contribution in [2.24, 2.45) is 0 Å². The Morgan fingerprint density at radius 3 is 2.60 bits per heavy atom. The number of carbonyl (C=O) groups is 1. The molecule has 0 radical (unpaired) electrons. The Hall–Kier alpha value is -1.10. The van der Waals surface area contributed by atoms with E-state index in [1.165, 1.54) is 18.0 Å². The van der Waals surface area contributed by atoms with E-state index in [0.29, 0.717) is 0 Å². The fraction of sp³-hybridized carbons (Fsp3) is 0.300. The Labute approximate surface area is 91.2 Å². The minimum atomic E-state index is -0.849. The molecule has 0 bridgehead atoms. The molecule has 15 heavy (non-hydrogen) atoms. The van der Waals surface area contributed by atoms with Crippen molar-refractivity contribution in [2.45, 2.75) is 19.1 Å². The molecule has 1 rings (SSSR count). The second kappa shape index (κ2) is 5.11. The number of benzene rings is 1. The van der Waals surface area contributed by atoms with Gasteiger partial charge in [0.15, 0.2) is 12.1 Å². The average Bonchev–Trinajstić information content (AvgIpc) is 2.17. The fourth-order valence-corrected chi connectivity index (χ4v) is 1.46. The lowest BCUT2D eigenvalue weighted by molar-refractivity contribution is 0.111. The van der Waals surface area contributed by atoms with Crippen LogP contribution in [-0.4, -0.2) is 11.5 Å². The maximum absolute atomic E-state index is 13.4. The van der Waals surface area contributed by atoms with Crippen molar-refractivity contribution in [1.29, 1.82) is 0 Å². The Kier molecular flexibility index (Phi) is 4.08. The van der Waals surface area contributed by atoms with E-state index in [1.807, 2.05) is 13.8 Å². The molecule has 5 heteroatoms. The number of aldehydes is 1. The van der Waals surface area contributed by atoms with Crippen LogP contribution in [0.2, 0.25) is 0 Å². The predicted octanol–water partition coefficient (Wildman–Crippen LogP) is 3.25. The molecule has 0 amide bonds. The molecule has 1 aromatic carbocycles. The molecule has 0 saturated heterocycles. The van der Waals surface area contributed by atoms with Gasteiger partial charge < -0.3 is 4.72 Å². The highest BCUT2D eigenvalue weighted by Gasteiger charge is 2.12. The molecule has 1 N–H and O–H groups in total. The SMILES string of the molecule is CC(C)SNc1ccc(F)c(C=O)c1F. The van der Waals surface area contributed by atoms with Crippen molar-refractivity contribution in [3.63, 3.8) is 0 Å². The van der Waals surface area contributed by atoms with Gasteiger partial charge in [0.05, 0.1) is 11.3 Å². The van der Waals surface area contributed by atoms with Crippen molar-refractivity contribution in [3.8, 4) is 0 Å². The number of hydrogen-bond donors (Lipinski definition) is 1. The third-order valence-electron chi connectivity index (χ3n) is 1.65. The van der Waals surface area contributed by atoms with Crippen LogP contribution in [0.5, 0.6) is 0 Å². The number of anilines is 1. The zero-order valence-corrected chi connectivity index (χ0v) is 9.20. The molecule has 0 atom stereocenters. The lowest BCUT2D eigenvalue weighted by Gasteiger charge is -2.09. The molecule has 0 aliphatic carbocycles. The smallest absolute Gasteiger partial charge is 0.160 e. The predicted molar refractivity (Wildman–Crippen MR) is 58.1 cm³/mol. The first kappa shape index (κ1) is 12.0. The van der Waals surface area contributed by atoms with Crippen molar-refractivity contribution < 1.29 is 13.6 Å². The number of nitrogens with one attached hydrogen (secondary N) is 1. The Balaban J connectivity index is 2.95. The zero-order valence-electron chi connectivity index (χ0n) is 8.38. The number of hydrogen-bond acceptors (Lipinski definition) is 3. The largest absolute Gasteiger partial charge is 0.327 e. The molecule has 0 fully saturated rings. The van der Waals surface area contributed by atoms with Gasteiger partial charge in [-0.3, -0.25) is 4.79 Å². The summed E-state index contributed by atoms with van der Waals surface area (Å²) in [6.45, 7) is 3.86. The van der Waals surface area contributed by atoms with E-state index >= 15 is 0 Å². The second-order valence-electron chi connectivity index (χ2n) is 3.21. The number of rotatable bonds is 4. The average molecular weight is 231 g/mol. The highest BCUT2D eigenvalue weighted by atomic mass is 32.2. The first-order valence-corrected chi connectivity index (χ1v) is 5.29.